The van der Waals surface area contributed by atoms with Gasteiger partial charge in [-0.25, -0.2) is 0 Å². The molecule has 106 valence electrons. The van der Waals surface area contributed by atoms with Crippen molar-refractivity contribution in [2.45, 2.75) is 0 Å². The lowest BCUT2D eigenvalue weighted by atomic mass is 10.1. The van der Waals surface area contributed by atoms with Crippen molar-refractivity contribution in [1.82, 2.24) is 5.32 Å². The van der Waals surface area contributed by atoms with E-state index in [0.29, 0.717) is 6.61 Å². The van der Waals surface area contributed by atoms with E-state index in [1.807, 2.05) is 30.3 Å². The van der Waals surface area contributed by atoms with Crippen LogP contribution in [0.4, 0.5) is 0 Å². The molecule has 0 saturated carbocycles. The van der Waals surface area contributed by atoms with Crippen LogP contribution in [0.25, 0.3) is 11.1 Å². The van der Waals surface area contributed by atoms with Gasteiger partial charge in [-0.05, 0) is 23.3 Å². The molecule has 0 heterocycles. The van der Waals surface area contributed by atoms with Crippen LogP contribution < -0.4 is 10.1 Å². The summed E-state index contributed by atoms with van der Waals surface area (Å²) >= 11 is 0. The molecule has 0 amide bonds. The summed E-state index contributed by atoms with van der Waals surface area (Å²) in [5.74, 6) is 0.901. The highest BCUT2D eigenvalue weighted by molar-refractivity contribution is 5.63. The molecule has 0 bridgehead atoms. The summed E-state index contributed by atoms with van der Waals surface area (Å²) in [7, 11) is 1.70. The monoisotopic (exact) mass is 271 g/mol. The number of hydrogen-bond donors (Lipinski definition) is 1. The molecule has 0 unspecified atom stereocenters. The third-order valence-corrected chi connectivity index (χ3v) is 2.99. The maximum Gasteiger partial charge on any atom is 0.119 e. The zero-order valence-electron chi connectivity index (χ0n) is 11.8. The second-order valence-electron chi connectivity index (χ2n) is 4.48. The molecule has 0 aliphatic rings. The molecular formula is C17H21NO2. The van der Waals surface area contributed by atoms with Crippen molar-refractivity contribution >= 4 is 0 Å². The highest BCUT2D eigenvalue weighted by Crippen LogP contribution is 2.21. The van der Waals surface area contributed by atoms with Gasteiger partial charge >= 0.3 is 0 Å². The van der Waals surface area contributed by atoms with Gasteiger partial charge in [-0.1, -0.05) is 42.5 Å². The van der Waals surface area contributed by atoms with Crippen LogP contribution in [0.2, 0.25) is 0 Å². The molecule has 0 radical (unpaired) electrons. The van der Waals surface area contributed by atoms with Crippen LogP contribution in [0.1, 0.15) is 0 Å². The maximum atomic E-state index is 5.67. The quantitative estimate of drug-likeness (QED) is 0.749. The van der Waals surface area contributed by atoms with Crippen molar-refractivity contribution in [2.75, 3.05) is 33.4 Å². The summed E-state index contributed by atoms with van der Waals surface area (Å²) in [6.45, 7) is 3.07. The average Bonchev–Trinajstić information content (AvgIpc) is 2.52. The highest BCUT2D eigenvalue weighted by Gasteiger charge is 1.98. The van der Waals surface area contributed by atoms with E-state index in [1.165, 1.54) is 11.1 Å². The van der Waals surface area contributed by atoms with E-state index in [9.17, 15) is 0 Å². The van der Waals surface area contributed by atoms with Gasteiger partial charge in [0.05, 0.1) is 6.61 Å². The first-order valence-electron chi connectivity index (χ1n) is 6.88. The summed E-state index contributed by atoms with van der Waals surface area (Å²) in [5.41, 5.74) is 2.43. The Morgan fingerprint density at radius 2 is 1.45 bits per heavy atom. The summed E-state index contributed by atoms with van der Waals surface area (Å²) in [6.07, 6.45) is 0. The Morgan fingerprint density at radius 1 is 0.800 bits per heavy atom. The second kappa shape index (κ2) is 8.35. The Bertz CT molecular complexity index is 482. The number of benzene rings is 2. The van der Waals surface area contributed by atoms with Crippen molar-refractivity contribution in [3.8, 4) is 16.9 Å². The first kappa shape index (κ1) is 14.6. The highest BCUT2D eigenvalue weighted by atomic mass is 16.5. The summed E-state index contributed by atoms with van der Waals surface area (Å²) < 4.78 is 10.6. The first-order valence-corrected chi connectivity index (χ1v) is 6.88. The van der Waals surface area contributed by atoms with Crippen molar-refractivity contribution in [3.63, 3.8) is 0 Å². The smallest absolute Gasteiger partial charge is 0.119 e. The van der Waals surface area contributed by atoms with Gasteiger partial charge < -0.3 is 14.8 Å². The van der Waals surface area contributed by atoms with Gasteiger partial charge in [0.1, 0.15) is 12.4 Å². The molecule has 3 nitrogen and oxygen atoms in total. The molecule has 1 N–H and O–H groups in total. The molecule has 2 aromatic rings. The van der Waals surface area contributed by atoms with Crippen molar-refractivity contribution in [1.29, 1.82) is 0 Å². The molecule has 0 aliphatic heterocycles. The van der Waals surface area contributed by atoms with E-state index >= 15 is 0 Å². The SMILES string of the molecule is COCCNCCOc1ccc(-c2ccccc2)cc1. The van der Waals surface area contributed by atoms with E-state index in [1.54, 1.807) is 7.11 Å². The van der Waals surface area contributed by atoms with E-state index in [-0.39, 0.29) is 0 Å². The number of hydrogen-bond acceptors (Lipinski definition) is 3. The normalized spacial score (nSPS) is 10.4. The Morgan fingerprint density at radius 3 is 2.15 bits per heavy atom. The maximum absolute atomic E-state index is 5.67. The van der Waals surface area contributed by atoms with E-state index in [4.69, 9.17) is 9.47 Å². The number of nitrogens with one attached hydrogen (secondary N) is 1. The molecule has 20 heavy (non-hydrogen) atoms. The van der Waals surface area contributed by atoms with Gasteiger partial charge in [0.15, 0.2) is 0 Å². The van der Waals surface area contributed by atoms with Gasteiger partial charge in [-0.2, -0.15) is 0 Å². The fourth-order valence-corrected chi connectivity index (χ4v) is 1.91. The molecule has 3 heteroatoms. The van der Waals surface area contributed by atoms with Crippen LogP contribution >= 0.6 is 0 Å². The second-order valence-corrected chi connectivity index (χ2v) is 4.48. The number of methoxy groups -OCH3 is 1. The van der Waals surface area contributed by atoms with Crippen molar-refractivity contribution < 1.29 is 9.47 Å². The van der Waals surface area contributed by atoms with Crippen LogP contribution in [-0.4, -0.2) is 33.4 Å². The molecule has 0 aromatic heterocycles. The Labute approximate surface area is 120 Å². The predicted octanol–water partition coefficient (Wildman–Crippen LogP) is 2.97. The minimum absolute atomic E-state index is 0.661. The molecule has 0 atom stereocenters. The van der Waals surface area contributed by atoms with E-state index in [2.05, 4.69) is 29.6 Å². The fraction of sp³-hybridized carbons (Fsp3) is 0.294. The third-order valence-electron chi connectivity index (χ3n) is 2.99. The Hall–Kier alpha value is -1.84. The fourth-order valence-electron chi connectivity index (χ4n) is 1.91. The zero-order valence-corrected chi connectivity index (χ0v) is 11.8. The summed E-state index contributed by atoms with van der Waals surface area (Å²) in [6, 6.07) is 18.5. The van der Waals surface area contributed by atoms with Gasteiger partial charge in [0.25, 0.3) is 0 Å². The predicted molar refractivity (Wildman–Crippen MR) is 82.1 cm³/mol. The van der Waals surface area contributed by atoms with Gasteiger partial charge in [-0.15, -0.1) is 0 Å². The molecule has 2 rings (SSSR count). The topological polar surface area (TPSA) is 30.5 Å². The lowest BCUT2D eigenvalue weighted by molar-refractivity contribution is 0.197. The summed E-state index contributed by atoms with van der Waals surface area (Å²) in [5, 5.41) is 3.24. The molecule has 2 aromatic carbocycles. The van der Waals surface area contributed by atoms with Gasteiger partial charge in [-0.3, -0.25) is 0 Å². The molecule has 0 saturated heterocycles. The summed E-state index contributed by atoms with van der Waals surface area (Å²) in [4.78, 5) is 0. The Balaban J connectivity index is 1.77. The third kappa shape index (κ3) is 4.68. The minimum atomic E-state index is 0.661. The van der Waals surface area contributed by atoms with Crippen LogP contribution in [-0.2, 0) is 4.74 Å². The lowest BCUT2D eigenvalue weighted by Crippen LogP contribution is -2.24. The lowest BCUT2D eigenvalue weighted by Gasteiger charge is -2.08. The van der Waals surface area contributed by atoms with Crippen LogP contribution in [0.3, 0.4) is 0 Å². The first-order chi connectivity index (χ1) is 9.90. The van der Waals surface area contributed by atoms with Crippen LogP contribution in [0.15, 0.2) is 54.6 Å². The molecule has 0 spiro atoms. The standard InChI is InChI=1S/C17H21NO2/c1-19-13-11-18-12-14-20-17-9-7-16(8-10-17)15-5-3-2-4-6-15/h2-10,18H,11-14H2,1H3. The molecular weight excluding hydrogens is 250 g/mol. The Kier molecular flexibility index (Phi) is 6.08. The number of rotatable bonds is 8. The van der Waals surface area contributed by atoms with Gasteiger partial charge in [0.2, 0.25) is 0 Å². The van der Waals surface area contributed by atoms with E-state index in [0.717, 1.165) is 25.4 Å². The number of ether oxygens (including phenoxy) is 2. The van der Waals surface area contributed by atoms with E-state index < -0.39 is 0 Å². The minimum Gasteiger partial charge on any atom is -0.492 e. The van der Waals surface area contributed by atoms with Crippen molar-refractivity contribution in [2.24, 2.45) is 0 Å². The zero-order chi connectivity index (χ0) is 14.0. The largest absolute Gasteiger partial charge is 0.492 e. The van der Waals surface area contributed by atoms with Crippen LogP contribution in [0.5, 0.6) is 5.75 Å². The van der Waals surface area contributed by atoms with Gasteiger partial charge in [0, 0.05) is 20.2 Å². The van der Waals surface area contributed by atoms with Crippen molar-refractivity contribution in [3.05, 3.63) is 54.6 Å². The van der Waals surface area contributed by atoms with Crippen LogP contribution in [0, 0.1) is 0 Å². The molecule has 0 fully saturated rings. The molecule has 0 aliphatic carbocycles. The average molecular weight is 271 g/mol.